The van der Waals surface area contributed by atoms with Crippen LogP contribution in [0.15, 0.2) is 30.3 Å². The molecule has 1 rings (SSSR count). The van der Waals surface area contributed by atoms with Crippen molar-refractivity contribution in [3.8, 4) is 0 Å². The molecule has 0 aliphatic carbocycles. The molecule has 1 N–H and O–H groups in total. The third-order valence-corrected chi connectivity index (χ3v) is 5.97. The van der Waals surface area contributed by atoms with Crippen LogP contribution in [0.2, 0.25) is 0 Å². The van der Waals surface area contributed by atoms with Crippen LogP contribution in [0.25, 0.3) is 0 Å². The van der Waals surface area contributed by atoms with E-state index in [-0.39, 0.29) is 4.83 Å². The molecule has 0 saturated carbocycles. The highest BCUT2D eigenvalue weighted by atomic mass is 79.9. The summed E-state index contributed by atoms with van der Waals surface area (Å²) in [5.74, 6) is -0.490. The summed E-state index contributed by atoms with van der Waals surface area (Å²) in [5, 5.41) is 2.66. The van der Waals surface area contributed by atoms with Crippen molar-refractivity contribution < 1.29 is 13.2 Å². The molecule has 0 fully saturated rings. The summed E-state index contributed by atoms with van der Waals surface area (Å²) in [4.78, 5) is 11.9. The Morgan fingerprint density at radius 1 is 1.32 bits per heavy atom. The maximum absolute atomic E-state index is 11.9. The number of rotatable bonds is 5. The molecule has 1 amide bonds. The molecule has 0 saturated heterocycles. The predicted octanol–water partition coefficient (Wildman–Crippen LogP) is 2.06. The zero-order valence-corrected chi connectivity index (χ0v) is 13.6. The highest BCUT2D eigenvalue weighted by molar-refractivity contribution is 9.09. The number of benzene rings is 1. The molecule has 0 bridgehead atoms. The van der Waals surface area contributed by atoms with E-state index in [4.69, 9.17) is 0 Å². The number of sulfone groups is 1. The van der Waals surface area contributed by atoms with Gasteiger partial charge in [0.2, 0.25) is 5.91 Å². The molecule has 0 aliphatic heterocycles. The topological polar surface area (TPSA) is 63.2 Å². The van der Waals surface area contributed by atoms with Gasteiger partial charge >= 0.3 is 0 Å². The minimum Gasteiger partial charge on any atom is -0.353 e. The van der Waals surface area contributed by atoms with Gasteiger partial charge in [-0.1, -0.05) is 46.3 Å². The van der Waals surface area contributed by atoms with Crippen molar-refractivity contribution in [2.45, 2.75) is 23.4 Å². The Morgan fingerprint density at radius 2 is 1.84 bits per heavy atom. The van der Waals surface area contributed by atoms with Gasteiger partial charge in [0.05, 0.1) is 4.83 Å². The normalized spacial score (nSPS) is 13.9. The predicted molar refractivity (Wildman–Crippen MR) is 80.0 cm³/mol. The lowest BCUT2D eigenvalue weighted by molar-refractivity contribution is -0.122. The van der Waals surface area contributed by atoms with Crippen molar-refractivity contribution in [1.82, 2.24) is 5.32 Å². The number of hydrogen-bond acceptors (Lipinski definition) is 3. The maximum atomic E-state index is 11.9. The second-order valence-corrected chi connectivity index (χ2v) is 8.54. The Labute approximate surface area is 122 Å². The summed E-state index contributed by atoms with van der Waals surface area (Å²) in [7, 11) is -3.44. The van der Waals surface area contributed by atoms with E-state index in [0.29, 0.717) is 6.54 Å². The van der Waals surface area contributed by atoms with Gasteiger partial charge in [-0.15, -0.1) is 0 Å². The largest absolute Gasteiger partial charge is 0.353 e. The quantitative estimate of drug-likeness (QED) is 0.829. The van der Waals surface area contributed by atoms with E-state index in [1.165, 1.54) is 13.8 Å². The van der Waals surface area contributed by atoms with Crippen molar-refractivity contribution >= 4 is 31.7 Å². The lowest BCUT2D eigenvalue weighted by Gasteiger charge is -2.22. The van der Waals surface area contributed by atoms with E-state index in [9.17, 15) is 13.2 Å². The highest BCUT2D eigenvalue weighted by Gasteiger charge is 2.38. The molecule has 4 nitrogen and oxygen atoms in total. The van der Waals surface area contributed by atoms with Crippen LogP contribution in [0.5, 0.6) is 0 Å². The minimum atomic E-state index is -3.44. The van der Waals surface area contributed by atoms with Gasteiger partial charge in [-0.05, 0) is 19.4 Å². The average molecular weight is 348 g/mol. The molecule has 1 aromatic rings. The molecule has 1 unspecified atom stereocenters. The molecule has 0 spiro atoms. The molecule has 0 aliphatic rings. The van der Waals surface area contributed by atoms with Crippen LogP contribution in [0.4, 0.5) is 0 Å². The first-order valence-electron chi connectivity index (χ1n) is 5.83. The minimum absolute atomic E-state index is 0.0481. The second kappa shape index (κ2) is 6.05. The molecule has 6 heteroatoms. The molecule has 0 radical (unpaired) electrons. The fraction of sp³-hybridized carbons (Fsp3) is 0.462. The van der Waals surface area contributed by atoms with Gasteiger partial charge in [0, 0.05) is 12.8 Å². The zero-order chi connectivity index (χ0) is 14.7. The first-order chi connectivity index (χ1) is 8.66. The molecule has 1 atom stereocenters. The van der Waals surface area contributed by atoms with E-state index in [0.717, 1.165) is 11.8 Å². The lowest BCUT2D eigenvalue weighted by Crippen LogP contribution is -2.48. The Hall–Kier alpha value is -0.880. The molecule has 0 aromatic heterocycles. The summed E-state index contributed by atoms with van der Waals surface area (Å²) in [6.07, 6.45) is 1.06. The Balaban J connectivity index is 2.66. The van der Waals surface area contributed by atoms with E-state index >= 15 is 0 Å². The maximum Gasteiger partial charge on any atom is 0.240 e. The van der Waals surface area contributed by atoms with Crippen molar-refractivity contribution in [1.29, 1.82) is 0 Å². The van der Waals surface area contributed by atoms with Crippen LogP contribution in [0.3, 0.4) is 0 Å². The molecular formula is C13H18BrNO3S. The fourth-order valence-electron chi connectivity index (χ4n) is 1.34. The summed E-state index contributed by atoms with van der Waals surface area (Å²) in [6, 6.07) is 9.60. The van der Waals surface area contributed by atoms with Crippen molar-refractivity contribution in [3.05, 3.63) is 35.9 Å². The Bertz CT molecular complexity index is 540. The number of amides is 1. The van der Waals surface area contributed by atoms with Crippen molar-refractivity contribution in [2.24, 2.45) is 0 Å². The summed E-state index contributed by atoms with van der Waals surface area (Å²) in [5.41, 5.74) is 1.03. The number of carbonyl (C=O) groups is 1. The van der Waals surface area contributed by atoms with E-state index in [1.807, 2.05) is 30.3 Å². The molecule has 106 valence electrons. The smallest absolute Gasteiger partial charge is 0.240 e. The second-order valence-electron chi connectivity index (χ2n) is 4.87. The summed E-state index contributed by atoms with van der Waals surface area (Å²) >= 11 is 3.47. The molecule has 0 heterocycles. The monoisotopic (exact) mass is 347 g/mol. The number of carbonyl (C=O) groups excluding carboxylic acids is 1. The molecule has 19 heavy (non-hydrogen) atoms. The number of alkyl halides is 1. The van der Waals surface area contributed by atoms with Gasteiger partial charge in [-0.25, -0.2) is 8.42 Å². The van der Waals surface area contributed by atoms with Crippen LogP contribution in [0, 0.1) is 0 Å². The number of halogens is 1. The van der Waals surface area contributed by atoms with E-state index < -0.39 is 20.5 Å². The lowest BCUT2D eigenvalue weighted by atomic mass is 10.1. The van der Waals surface area contributed by atoms with E-state index in [2.05, 4.69) is 21.2 Å². The third-order valence-electron chi connectivity index (χ3n) is 3.08. The summed E-state index contributed by atoms with van der Waals surface area (Å²) in [6.45, 7) is 3.15. The van der Waals surface area contributed by atoms with Crippen LogP contribution in [-0.2, 0) is 14.6 Å². The highest BCUT2D eigenvalue weighted by Crippen LogP contribution is 2.22. The Morgan fingerprint density at radius 3 is 2.32 bits per heavy atom. The van der Waals surface area contributed by atoms with E-state index in [1.54, 1.807) is 0 Å². The van der Waals surface area contributed by atoms with Crippen LogP contribution < -0.4 is 5.32 Å². The van der Waals surface area contributed by atoms with Gasteiger partial charge < -0.3 is 5.32 Å². The van der Waals surface area contributed by atoms with Gasteiger partial charge in [0.25, 0.3) is 0 Å². The standard InChI is InChI=1S/C13H18BrNO3S/c1-13(2,19(3,17)18)12(16)15-9-11(14)10-7-5-4-6-8-10/h4-8,11H,9H2,1-3H3,(H,15,16). The SMILES string of the molecule is CC(C)(C(=O)NCC(Br)c1ccccc1)S(C)(=O)=O. The zero-order valence-electron chi connectivity index (χ0n) is 11.2. The van der Waals surface area contributed by atoms with Crippen molar-refractivity contribution in [3.63, 3.8) is 0 Å². The van der Waals surface area contributed by atoms with Gasteiger partial charge in [-0.2, -0.15) is 0 Å². The third kappa shape index (κ3) is 4.04. The first-order valence-corrected chi connectivity index (χ1v) is 8.64. The number of nitrogens with one attached hydrogen (secondary N) is 1. The molecule has 1 aromatic carbocycles. The van der Waals surface area contributed by atoms with Crippen LogP contribution in [0.1, 0.15) is 24.2 Å². The summed E-state index contributed by atoms with van der Waals surface area (Å²) < 4.78 is 21.7. The van der Waals surface area contributed by atoms with Crippen LogP contribution in [-0.4, -0.2) is 31.9 Å². The first kappa shape index (κ1) is 16.2. The fourth-order valence-corrected chi connectivity index (χ4v) is 2.22. The van der Waals surface area contributed by atoms with Gasteiger partial charge in [0.1, 0.15) is 4.75 Å². The van der Waals surface area contributed by atoms with Gasteiger partial charge in [-0.3, -0.25) is 4.79 Å². The Kier molecular flexibility index (Phi) is 5.15. The average Bonchev–Trinajstić information content (AvgIpc) is 2.35. The van der Waals surface area contributed by atoms with Crippen molar-refractivity contribution in [2.75, 3.05) is 12.8 Å². The number of hydrogen-bond donors (Lipinski definition) is 1. The van der Waals surface area contributed by atoms with Crippen LogP contribution >= 0.6 is 15.9 Å². The van der Waals surface area contributed by atoms with Gasteiger partial charge in [0.15, 0.2) is 9.84 Å². The molecular weight excluding hydrogens is 330 g/mol.